The van der Waals surface area contributed by atoms with Crippen LogP contribution in [-0.2, 0) is 6.42 Å². The number of thiazole rings is 1. The van der Waals surface area contributed by atoms with E-state index in [1.165, 1.54) is 15.9 Å². The maximum absolute atomic E-state index is 12.6. The summed E-state index contributed by atoms with van der Waals surface area (Å²) < 4.78 is 7.30. The third kappa shape index (κ3) is 3.88. The SMILES string of the molecule is CCCOc1ccc(Cc2nn3c(=O)/c(=C\c4cccs4)sc3nc2=O)cc1. The molecule has 28 heavy (non-hydrogen) atoms. The summed E-state index contributed by atoms with van der Waals surface area (Å²) in [5, 5.41) is 6.23. The molecule has 0 atom stereocenters. The largest absolute Gasteiger partial charge is 0.494 e. The summed E-state index contributed by atoms with van der Waals surface area (Å²) in [5.41, 5.74) is 0.487. The molecule has 0 bridgehead atoms. The molecule has 3 aromatic heterocycles. The number of rotatable bonds is 6. The Morgan fingerprint density at radius 1 is 1.18 bits per heavy atom. The molecule has 0 aliphatic carbocycles. The van der Waals surface area contributed by atoms with E-state index in [0.29, 0.717) is 22.5 Å². The lowest BCUT2D eigenvalue weighted by molar-refractivity contribution is 0.317. The van der Waals surface area contributed by atoms with Gasteiger partial charge in [-0.25, -0.2) is 0 Å². The fraction of sp³-hybridized carbons (Fsp3) is 0.200. The standard InChI is InChI=1S/C20H17N3O3S2/c1-2-9-26-14-7-5-13(6-8-14)11-16-18(24)21-20-23(22-16)19(25)17(28-20)12-15-4-3-10-27-15/h3-8,10,12H,2,9,11H2,1H3/b17-12+. The van der Waals surface area contributed by atoms with E-state index in [4.69, 9.17) is 4.74 Å². The van der Waals surface area contributed by atoms with Gasteiger partial charge in [-0.1, -0.05) is 36.5 Å². The first-order chi connectivity index (χ1) is 13.6. The first-order valence-corrected chi connectivity index (χ1v) is 10.5. The number of thiophene rings is 1. The van der Waals surface area contributed by atoms with E-state index < -0.39 is 5.56 Å². The van der Waals surface area contributed by atoms with E-state index in [2.05, 4.69) is 17.0 Å². The van der Waals surface area contributed by atoms with Crippen LogP contribution in [0.5, 0.6) is 5.75 Å². The summed E-state index contributed by atoms with van der Waals surface area (Å²) in [4.78, 5) is 30.4. The highest BCUT2D eigenvalue weighted by atomic mass is 32.1. The molecule has 142 valence electrons. The summed E-state index contributed by atoms with van der Waals surface area (Å²) >= 11 is 2.71. The van der Waals surface area contributed by atoms with Crippen LogP contribution in [0.25, 0.3) is 11.0 Å². The van der Waals surface area contributed by atoms with Crippen molar-refractivity contribution in [3.05, 3.63) is 83.2 Å². The lowest BCUT2D eigenvalue weighted by Gasteiger charge is -2.05. The van der Waals surface area contributed by atoms with Crippen LogP contribution in [0.3, 0.4) is 0 Å². The second kappa shape index (κ2) is 8.04. The highest BCUT2D eigenvalue weighted by molar-refractivity contribution is 7.15. The fourth-order valence-corrected chi connectivity index (χ4v) is 4.30. The number of hydrogen-bond acceptors (Lipinski definition) is 7. The topological polar surface area (TPSA) is 73.6 Å². The van der Waals surface area contributed by atoms with Gasteiger partial charge >= 0.3 is 0 Å². The van der Waals surface area contributed by atoms with Gasteiger partial charge in [0.15, 0.2) is 0 Å². The molecule has 0 aliphatic rings. The average Bonchev–Trinajstić information content (AvgIpc) is 3.31. The number of ether oxygens (including phenoxy) is 1. The van der Waals surface area contributed by atoms with Crippen molar-refractivity contribution >= 4 is 33.7 Å². The maximum atomic E-state index is 12.6. The minimum Gasteiger partial charge on any atom is -0.494 e. The molecular weight excluding hydrogens is 394 g/mol. The Balaban J connectivity index is 1.67. The van der Waals surface area contributed by atoms with Crippen LogP contribution in [0, 0.1) is 0 Å². The van der Waals surface area contributed by atoms with Crippen molar-refractivity contribution in [2.24, 2.45) is 0 Å². The van der Waals surface area contributed by atoms with Gasteiger partial charge in [-0.2, -0.15) is 14.6 Å². The minimum absolute atomic E-state index is 0.248. The van der Waals surface area contributed by atoms with Crippen molar-refractivity contribution in [2.45, 2.75) is 19.8 Å². The van der Waals surface area contributed by atoms with Crippen molar-refractivity contribution in [1.82, 2.24) is 14.6 Å². The van der Waals surface area contributed by atoms with Crippen molar-refractivity contribution in [3.8, 4) is 5.75 Å². The van der Waals surface area contributed by atoms with Gasteiger partial charge in [-0.3, -0.25) is 9.59 Å². The van der Waals surface area contributed by atoms with Crippen LogP contribution in [0.15, 0.2) is 51.4 Å². The van der Waals surface area contributed by atoms with Gasteiger partial charge in [0.2, 0.25) is 4.96 Å². The van der Waals surface area contributed by atoms with E-state index in [9.17, 15) is 9.59 Å². The van der Waals surface area contributed by atoms with Gasteiger partial charge < -0.3 is 4.74 Å². The van der Waals surface area contributed by atoms with Crippen LogP contribution in [0.2, 0.25) is 0 Å². The number of fused-ring (bicyclic) bond motifs is 1. The van der Waals surface area contributed by atoms with Gasteiger partial charge in [0.25, 0.3) is 11.1 Å². The van der Waals surface area contributed by atoms with E-state index in [-0.39, 0.29) is 11.3 Å². The number of benzene rings is 1. The Hall–Kier alpha value is -2.84. The molecule has 6 nitrogen and oxygen atoms in total. The maximum Gasteiger partial charge on any atom is 0.296 e. The lowest BCUT2D eigenvalue weighted by Crippen LogP contribution is -2.27. The van der Waals surface area contributed by atoms with Gasteiger partial charge in [0.05, 0.1) is 11.1 Å². The summed E-state index contributed by atoms with van der Waals surface area (Å²) in [6.07, 6.45) is 3.05. The first-order valence-electron chi connectivity index (χ1n) is 8.84. The molecule has 4 aromatic rings. The third-order valence-electron chi connectivity index (χ3n) is 4.03. The van der Waals surface area contributed by atoms with Gasteiger partial charge in [-0.05, 0) is 41.6 Å². The number of aromatic nitrogens is 3. The lowest BCUT2D eigenvalue weighted by atomic mass is 10.1. The molecule has 0 radical (unpaired) electrons. The van der Waals surface area contributed by atoms with Crippen LogP contribution in [0.1, 0.15) is 29.5 Å². The Labute approximate surface area is 168 Å². The van der Waals surface area contributed by atoms with Crippen molar-refractivity contribution in [2.75, 3.05) is 6.61 Å². The van der Waals surface area contributed by atoms with E-state index in [1.807, 2.05) is 41.8 Å². The summed E-state index contributed by atoms with van der Waals surface area (Å²) in [6, 6.07) is 11.4. The number of hydrogen-bond donors (Lipinski definition) is 0. The number of nitrogens with zero attached hydrogens (tertiary/aromatic N) is 3. The molecular formula is C20H17N3O3S2. The van der Waals surface area contributed by atoms with Gasteiger partial charge in [0.1, 0.15) is 11.4 Å². The van der Waals surface area contributed by atoms with Crippen LogP contribution >= 0.6 is 22.7 Å². The zero-order chi connectivity index (χ0) is 19.5. The van der Waals surface area contributed by atoms with Crippen molar-refractivity contribution in [1.29, 1.82) is 0 Å². The van der Waals surface area contributed by atoms with Crippen molar-refractivity contribution < 1.29 is 4.74 Å². The summed E-state index contributed by atoms with van der Waals surface area (Å²) in [5.74, 6) is 0.789. The van der Waals surface area contributed by atoms with Crippen LogP contribution in [0.4, 0.5) is 0 Å². The predicted molar refractivity (Wildman–Crippen MR) is 112 cm³/mol. The normalized spacial score (nSPS) is 12.0. The smallest absolute Gasteiger partial charge is 0.296 e. The molecule has 0 amide bonds. The monoisotopic (exact) mass is 411 g/mol. The average molecular weight is 412 g/mol. The van der Waals surface area contributed by atoms with Crippen LogP contribution < -0.4 is 20.4 Å². The first kappa shape index (κ1) is 18.5. The van der Waals surface area contributed by atoms with E-state index in [1.54, 1.807) is 17.4 Å². The molecule has 0 aliphatic heterocycles. The van der Waals surface area contributed by atoms with Crippen LogP contribution in [-0.4, -0.2) is 21.2 Å². The molecule has 0 saturated heterocycles. The molecule has 0 spiro atoms. The Kier molecular flexibility index (Phi) is 5.31. The highest BCUT2D eigenvalue weighted by Crippen LogP contribution is 2.14. The third-order valence-corrected chi connectivity index (χ3v) is 5.81. The molecule has 0 unspecified atom stereocenters. The Morgan fingerprint density at radius 3 is 2.71 bits per heavy atom. The zero-order valence-corrected chi connectivity index (χ0v) is 16.8. The molecule has 0 saturated carbocycles. The summed E-state index contributed by atoms with van der Waals surface area (Å²) in [7, 11) is 0. The van der Waals surface area contributed by atoms with Gasteiger partial charge in [0, 0.05) is 11.3 Å². The van der Waals surface area contributed by atoms with Gasteiger partial charge in [-0.15, -0.1) is 11.3 Å². The highest BCUT2D eigenvalue weighted by Gasteiger charge is 2.12. The Bertz CT molecular complexity index is 1260. The molecule has 3 heterocycles. The minimum atomic E-state index is -0.407. The Morgan fingerprint density at radius 2 is 2.00 bits per heavy atom. The van der Waals surface area contributed by atoms with Crippen molar-refractivity contribution in [3.63, 3.8) is 0 Å². The fourth-order valence-electron chi connectivity index (χ4n) is 2.67. The second-order valence-electron chi connectivity index (χ2n) is 6.16. The molecule has 8 heteroatoms. The molecule has 0 fully saturated rings. The van der Waals surface area contributed by atoms with E-state index in [0.717, 1.165) is 22.6 Å². The quantitative estimate of drug-likeness (QED) is 0.487. The molecule has 0 N–H and O–H groups in total. The predicted octanol–water partition coefficient (Wildman–Crippen LogP) is 2.50. The summed E-state index contributed by atoms with van der Waals surface area (Å²) in [6.45, 7) is 2.72. The van der Waals surface area contributed by atoms with E-state index >= 15 is 0 Å². The zero-order valence-electron chi connectivity index (χ0n) is 15.1. The molecule has 1 aromatic carbocycles. The second-order valence-corrected chi connectivity index (χ2v) is 8.15. The molecule has 4 rings (SSSR count).